The number of fused-ring (bicyclic) bond motifs is 2. The molecule has 0 aliphatic carbocycles. The van der Waals surface area contributed by atoms with Crippen molar-refractivity contribution in [3.63, 3.8) is 0 Å². The first kappa shape index (κ1) is 24.5. The van der Waals surface area contributed by atoms with Crippen molar-refractivity contribution < 1.29 is 27.4 Å². The highest BCUT2D eigenvalue weighted by Crippen LogP contribution is 2.34. The SMILES string of the molecule is COC(=O)c1ccc(S(=O)(=O)N(Cc2ccccc2)Cc2cc3cc4c(cc3[nH]c2=O)OCCO4)cc1. The van der Waals surface area contributed by atoms with Crippen LogP contribution in [-0.2, 0) is 27.8 Å². The quantitative estimate of drug-likeness (QED) is 0.371. The molecule has 9 nitrogen and oxygen atoms in total. The third kappa shape index (κ3) is 5.07. The fraction of sp³-hybridized carbons (Fsp3) is 0.185. The van der Waals surface area contributed by atoms with E-state index < -0.39 is 21.6 Å². The second-order valence-electron chi connectivity index (χ2n) is 8.48. The van der Waals surface area contributed by atoms with E-state index >= 15 is 0 Å². The summed E-state index contributed by atoms with van der Waals surface area (Å²) < 4.78 is 44.6. The van der Waals surface area contributed by atoms with Gasteiger partial charge < -0.3 is 19.2 Å². The number of hydrogen-bond acceptors (Lipinski definition) is 7. The van der Waals surface area contributed by atoms with Gasteiger partial charge in [-0.25, -0.2) is 13.2 Å². The Morgan fingerprint density at radius 3 is 2.30 bits per heavy atom. The van der Waals surface area contributed by atoms with Crippen LogP contribution in [0.1, 0.15) is 21.5 Å². The van der Waals surface area contributed by atoms with Crippen LogP contribution in [0.5, 0.6) is 11.5 Å². The van der Waals surface area contributed by atoms with E-state index in [2.05, 4.69) is 4.98 Å². The Hall–Kier alpha value is -4.15. The lowest BCUT2D eigenvalue weighted by Crippen LogP contribution is -2.32. The van der Waals surface area contributed by atoms with Gasteiger partial charge in [0.1, 0.15) is 13.2 Å². The van der Waals surface area contributed by atoms with Gasteiger partial charge in [-0.2, -0.15) is 4.31 Å². The van der Waals surface area contributed by atoms with Crippen LogP contribution in [0, 0.1) is 0 Å². The van der Waals surface area contributed by atoms with Crippen molar-refractivity contribution in [1.82, 2.24) is 9.29 Å². The number of rotatable bonds is 7. The summed E-state index contributed by atoms with van der Waals surface area (Å²) in [5, 5.41) is 0.693. The van der Waals surface area contributed by atoms with E-state index in [9.17, 15) is 18.0 Å². The number of aromatic nitrogens is 1. The predicted octanol–water partition coefficient (Wildman–Crippen LogP) is 3.48. The average molecular weight is 521 g/mol. The van der Waals surface area contributed by atoms with Crippen molar-refractivity contribution >= 4 is 26.9 Å². The fourth-order valence-corrected chi connectivity index (χ4v) is 5.54. The molecule has 0 bridgehead atoms. The number of nitrogens with zero attached hydrogens (tertiary/aromatic N) is 1. The van der Waals surface area contributed by atoms with Gasteiger partial charge in [0, 0.05) is 30.1 Å². The van der Waals surface area contributed by atoms with Gasteiger partial charge in [-0.3, -0.25) is 4.79 Å². The molecule has 0 fully saturated rings. The molecule has 0 saturated heterocycles. The predicted molar refractivity (Wildman–Crippen MR) is 136 cm³/mol. The van der Waals surface area contributed by atoms with Gasteiger partial charge in [0.05, 0.1) is 23.1 Å². The van der Waals surface area contributed by atoms with Gasteiger partial charge in [0.25, 0.3) is 5.56 Å². The molecule has 3 aromatic carbocycles. The zero-order chi connectivity index (χ0) is 26.0. The van der Waals surface area contributed by atoms with E-state index in [0.717, 1.165) is 5.56 Å². The number of esters is 1. The molecule has 10 heteroatoms. The molecule has 0 spiro atoms. The molecule has 5 rings (SSSR count). The summed E-state index contributed by atoms with van der Waals surface area (Å²) in [4.78, 5) is 27.6. The maximum atomic E-state index is 13.7. The maximum absolute atomic E-state index is 13.7. The molecule has 4 aromatic rings. The molecule has 0 atom stereocenters. The van der Waals surface area contributed by atoms with E-state index in [1.54, 1.807) is 18.2 Å². The van der Waals surface area contributed by atoms with Gasteiger partial charge >= 0.3 is 5.97 Å². The molecule has 0 unspecified atom stereocenters. The molecule has 1 aromatic heterocycles. The minimum Gasteiger partial charge on any atom is -0.486 e. The summed E-state index contributed by atoms with van der Waals surface area (Å²) in [5.41, 5.74) is 1.42. The highest BCUT2D eigenvalue weighted by molar-refractivity contribution is 7.89. The molecule has 2 heterocycles. The number of aromatic amines is 1. The molecule has 1 aliphatic rings. The molecule has 0 radical (unpaired) electrons. The number of nitrogens with one attached hydrogen (secondary N) is 1. The summed E-state index contributed by atoms with van der Waals surface area (Å²) in [5.74, 6) is 0.548. The van der Waals surface area contributed by atoms with Gasteiger partial charge in [-0.1, -0.05) is 30.3 Å². The van der Waals surface area contributed by atoms with Crippen LogP contribution in [0.4, 0.5) is 0 Å². The first-order valence-corrected chi connectivity index (χ1v) is 13.0. The minimum atomic E-state index is -4.05. The lowest BCUT2D eigenvalue weighted by atomic mass is 10.1. The van der Waals surface area contributed by atoms with Gasteiger partial charge in [-0.15, -0.1) is 0 Å². The van der Waals surface area contributed by atoms with E-state index in [0.29, 0.717) is 35.6 Å². The van der Waals surface area contributed by atoms with Gasteiger partial charge in [-0.05, 0) is 42.0 Å². The van der Waals surface area contributed by atoms with Crippen molar-refractivity contribution in [3.05, 3.63) is 99.8 Å². The topological polar surface area (TPSA) is 115 Å². The first-order chi connectivity index (χ1) is 17.8. The van der Waals surface area contributed by atoms with Gasteiger partial charge in [0.15, 0.2) is 11.5 Å². The van der Waals surface area contributed by atoms with Crippen LogP contribution in [-0.4, -0.2) is 44.0 Å². The van der Waals surface area contributed by atoms with Crippen LogP contribution in [0.2, 0.25) is 0 Å². The second kappa shape index (κ2) is 10.1. The van der Waals surface area contributed by atoms with Crippen LogP contribution < -0.4 is 15.0 Å². The summed E-state index contributed by atoms with van der Waals surface area (Å²) in [6.07, 6.45) is 0. The Labute approximate surface area is 213 Å². The standard InChI is InChI=1S/C27H24N2O7S/c1-34-27(31)19-7-9-22(10-8-19)37(32,33)29(16-18-5-3-2-4-6-18)17-21-13-20-14-24-25(36-12-11-35-24)15-23(20)28-26(21)30/h2-10,13-15H,11-12,16-17H2,1H3,(H,28,30). The van der Waals surface area contributed by atoms with Crippen LogP contribution in [0.25, 0.3) is 10.9 Å². The van der Waals surface area contributed by atoms with Crippen molar-refractivity contribution in [3.8, 4) is 11.5 Å². The number of benzene rings is 3. The smallest absolute Gasteiger partial charge is 0.337 e. The van der Waals surface area contributed by atoms with Crippen molar-refractivity contribution in [2.75, 3.05) is 20.3 Å². The molecule has 1 aliphatic heterocycles. The van der Waals surface area contributed by atoms with Crippen molar-refractivity contribution in [2.45, 2.75) is 18.0 Å². The normalized spacial score (nSPS) is 13.0. The first-order valence-electron chi connectivity index (χ1n) is 11.5. The second-order valence-corrected chi connectivity index (χ2v) is 10.4. The molecule has 1 N–H and O–H groups in total. The number of H-pyrrole nitrogens is 1. The number of hydrogen-bond donors (Lipinski definition) is 1. The molecule has 37 heavy (non-hydrogen) atoms. The van der Waals surface area contributed by atoms with E-state index in [4.69, 9.17) is 14.2 Å². The maximum Gasteiger partial charge on any atom is 0.337 e. The Balaban J connectivity index is 1.53. The largest absolute Gasteiger partial charge is 0.486 e. The Morgan fingerprint density at radius 1 is 0.946 bits per heavy atom. The third-order valence-corrected chi connectivity index (χ3v) is 7.85. The number of sulfonamides is 1. The molecule has 0 saturated carbocycles. The van der Waals surface area contributed by atoms with Gasteiger partial charge in [0.2, 0.25) is 10.0 Å². The summed E-state index contributed by atoms with van der Waals surface area (Å²) in [7, 11) is -2.79. The average Bonchev–Trinajstić information content (AvgIpc) is 2.92. The summed E-state index contributed by atoms with van der Waals surface area (Å²) in [6.45, 7) is 0.719. The third-order valence-electron chi connectivity index (χ3n) is 6.05. The zero-order valence-electron chi connectivity index (χ0n) is 20.0. The summed E-state index contributed by atoms with van der Waals surface area (Å²) >= 11 is 0. The van der Waals surface area contributed by atoms with Crippen LogP contribution in [0.3, 0.4) is 0 Å². The number of carbonyl (C=O) groups excluding carboxylic acids is 1. The molecule has 190 valence electrons. The number of ether oxygens (including phenoxy) is 3. The molecule has 0 amide bonds. The zero-order valence-corrected chi connectivity index (χ0v) is 20.8. The Morgan fingerprint density at radius 2 is 1.62 bits per heavy atom. The Kier molecular flexibility index (Phi) is 6.68. The highest BCUT2D eigenvalue weighted by Gasteiger charge is 2.27. The van der Waals surface area contributed by atoms with Crippen LogP contribution in [0.15, 0.2) is 82.5 Å². The van der Waals surface area contributed by atoms with Crippen LogP contribution >= 0.6 is 0 Å². The van der Waals surface area contributed by atoms with Crippen molar-refractivity contribution in [1.29, 1.82) is 0 Å². The minimum absolute atomic E-state index is 0.00656. The Bertz CT molecular complexity index is 1610. The van der Waals surface area contributed by atoms with E-state index in [1.165, 1.54) is 35.7 Å². The number of carbonyl (C=O) groups is 1. The van der Waals surface area contributed by atoms with Crippen molar-refractivity contribution in [2.24, 2.45) is 0 Å². The molecular formula is C27H24N2O7S. The molecular weight excluding hydrogens is 496 g/mol. The monoisotopic (exact) mass is 520 g/mol. The lowest BCUT2D eigenvalue weighted by molar-refractivity contribution is 0.0600. The number of methoxy groups -OCH3 is 1. The summed E-state index contributed by atoms with van der Waals surface area (Å²) in [6, 6.07) is 19.8. The van der Waals surface area contributed by atoms with E-state index in [-0.39, 0.29) is 29.1 Å². The lowest BCUT2D eigenvalue weighted by Gasteiger charge is -2.23. The fourth-order valence-electron chi connectivity index (χ4n) is 4.14. The van der Waals surface area contributed by atoms with E-state index in [1.807, 2.05) is 30.3 Å². The number of pyridine rings is 1. The highest BCUT2D eigenvalue weighted by atomic mass is 32.2.